The molecule has 4 aromatic carbocycles. The van der Waals surface area contributed by atoms with E-state index in [1.165, 1.54) is 12.2 Å². The summed E-state index contributed by atoms with van der Waals surface area (Å²) in [6.45, 7) is 11.0. The molecule has 0 aliphatic carbocycles. The molecule has 15 heteroatoms. The van der Waals surface area contributed by atoms with Crippen molar-refractivity contribution in [2.45, 2.75) is 49.3 Å². The minimum Gasteiger partial charge on any atom is -0.342 e. The van der Waals surface area contributed by atoms with Crippen LogP contribution in [0.25, 0.3) is 34.4 Å². The lowest BCUT2D eigenvalue weighted by molar-refractivity contribution is -0.387. The van der Waals surface area contributed by atoms with E-state index in [-0.39, 0.29) is 55.9 Å². The molecule has 2 aliphatic rings. The molecular formula is C46H48N6O8S. The van der Waals surface area contributed by atoms with Gasteiger partial charge in [0.2, 0.25) is 24.6 Å². The molecule has 6 rings (SSSR count). The molecule has 2 fully saturated rings. The SMILES string of the molecule is CC(C)c1ccccc1-c1c(/C=C/C(=O)N2CCN(C=O)CC2)ccc(Sc2ccc(/C=C/C(=O)N3CCN(C=O)CC3)c(-c3ccccc3C(C)C)c2[N+](=O)[O-])c1[N+](=O)[O-]. The maximum absolute atomic E-state index is 13.3. The van der Waals surface area contributed by atoms with Crippen LogP contribution in [-0.4, -0.2) is 106 Å². The minimum atomic E-state index is -0.481. The molecule has 0 radical (unpaired) electrons. The van der Waals surface area contributed by atoms with Crippen molar-refractivity contribution in [2.75, 3.05) is 52.4 Å². The quantitative estimate of drug-likeness (QED) is 0.0531. The number of carbonyl (C=O) groups is 4. The van der Waals surface area contributed by atoms with Gasteiger partial charge in [0.25, 0.3) is 11.4 Å². The maximum atomic E-state index is 13.3. The van der Waals surface area contributed by atoms with Crippen LogP contribution >= 0.6 is 11.8 Å². The Bertz CT molecular complexity index is 2230. The summed E-state index contributed by atoms with van der Waals surface area (Å²) < 4.78 is 0. The van der Waals surface area contributed by atoms with E-state index >= 15 is 0 Å². The normalized spacial score (nSPS) is 14.7. The Morgan fingerprint density at radius 3 is 1.26 bits per heavy atom. The molecule has 316 valence electrons. The van der Waals surface area contributed by atoms with Gasteiger partial charge in [-0.25, -0.2) is 0 Å². The number of carbonyl (C=O) groups excluding carboxylic acids is 4. The predicted octanol–water partition coefficient (Wildman–Crippen LogP) is 7.86. The molecule has 0 bridgehead atoms. The fourth-order valence-corrected chi connectivity index (χ4v) is 8.81. The van der Waals surface area contributed by atoms with Gasteiger partial charge in [0.15, 0.2) is 0 Å². The summed E-state index contributed by atoms with van der Waals surface area (Å²) in [6, 6.07) is 21.2. The zero-order chi connectivity index (χ0) is 43.8. The summed E-state index contributed by atoms with van der Waals surface area (Å²) in [5.41, 5.74) is 3.72. The van der Waals surface area contributed by atoms with Crippen molar-refractivity contribution in [2.24, 2.45) is 0 Å². The molecule has 2 saturated heterocycles. The molecule has 0 unspecified atom stereocenters. The number of benzene rings is 4. The average molecular weight is 845 g/mol. The fraction of sp³-hybridized carbons (Fsp3) is 0.304. The van der Waals surface area contributed by atoms with Crippen LogP contribution in [-0.2, 0) is 19.2 Å². The summed E-state index contributed by atoms with van der Waals surface area (Å²) >= 11 is 0.912. The van der Waals surface area contributed by atoms with Crippen molar-refractivity contribution in [3.05, 3.63) is 127 Å². The Hall–Kier alpha value is -6.61. The molecule has 0 saturated carbocycles. The third kappa shape index (κ3) is 9.89. The van der Waals surface area contributed by atoms with Gasteiger partial charge in [-0.2, -0.15) is 0 Å². The van der Waals surface area contributed by atoms with Gasteiger partial charge in [-0.1, -0.05) is 100 Å². The van der Waals surface area contributed by atoms with Crippen LogP contribution in [0.2, 0.25) is 0 Å². The van der Waals surface area contributed by atoms with Crippen molar-refractivity contribution in [3.63, 3.8) is 0 Å². The number of amides is 4. The highest BCUT2D eigenvalue weighted by Crippen LogP contribution is 2.50. The fourth-order valence-electron chi connectivity index (χ4n) is 7.75. The Morgan fingerprint density at radius 1 is 0.574 bits per heavy atom. The third-order valence-corrected chi connectivity index (χ3v) is 12.1. The van der Waals surface area contributed by atoms with Crippen LogP contribution in [0.1, 0.15) is 61.8 Å². The number of nitro benzene ring substituents is 2. The number of hydrogen-bond acceptors (Lipinski definition) is 9. The van der Waals surface area contributed by atoms with E-state index in [0.717, 1.165) is 35.7 Å². The first-order valence-corrected chi connectivity index (χ1v) is 21.0. The average Bonchev–Trinajstić information content (AvgIpc) is 3.27. The molecule has 2 aliphatic heterocycles. The van der Waals surface area contributed by atoms with Crippen molar-refractivity contribution in [1.82, 2.24) is 19.6 Å². The second kappa shape index (κ2) is 19.6. The van der Waals surface area contributed by atoms with Crippen molar-refractivity contribution >= 4 is 59.9 Å². The Balaban J connectivity index is 1.50. The summed E-state index contributed by atoms with van der Waals surface area (Å²) in [7, 11) is 0. The van der Waals surface area contributed by atoms with Crippen LogP contribution in [0.4, 0.5) is 11.4 Å². The lowest BCUT2D eigenvalue weighted by Gasteiger charge is -2.31. The van der Waals surface area contributed by atoms with Crippen LogP contribution in [0.15, 0.2) is 94.7 Å². The van der Waals surface area contributed by atoms with E-state index in [1.807, 2.05) is 52.0 Å². The van der Waals surface area contributed by atoms with Gasteiger partial charge in [-0.15, -0.1) is 0 Å². The molecule has 0 spiro atoms. The highest BCUT2D eigenvalue weighted by Gasteiger charge is 2.32. The van der Waals surface area contributed by atoms with E-state index in [1.54, 1.807) is 80.3 Å². The number of rotatable bonds is 14. The molecular weight excluding hydrogens is 797 g/mol. The summed E-state index contributed by atoms with van der Waals surface area (Å²) in [4.78, 5) is 81.6. The van der Waals surface area contributed by atoms with Gasteiger partial charge in [0.1, 0.15) is 0 Å². The van der Waals surface area contributed by atoms with E-state index in [2.05, 4.69) is 0 Å². The Kier molecular flexibility index (Phi) is 14.1. The van der Waals surface area contributed by atoms with Gasteiger partial charge in [0, 0.05) is 64.5 Å². The number of hydrogen-bond donors (Lipinski definition) is 0. The first kappa shape index (κ1) is 44.0. The first-order chi connectivity index (χ1) is 29.3. The molecule has 0 N–H and O–H groups in total. The highest BCUT2D eigenvalue weighted by atomic mass is 32.2. The van der Waals surface area contributed by atoms with Gasteiger partial charge in [-0.05, 0) is 69.5 Å². The van der Waals surface area contributed by atoms with Gasteiger partial charge >= 0.3 is 0 Å². The first-order valence-electron chi connectivity index (χ1n) is 20.1. The zero-order valence-corrected chi connectivity index (χ0v) is 35.4. The summed E-state index contributed by atoms with van der Waals surface area (Å²) in [5, 5.41) is 26.7. The van der Waals surface area contributed by atoms with Crippen LogP contribution in [0.3, 0.4) is 0 Å². The van der Waals surface area contributed by atoms with Crippen molar-refractivity contribution in [3.8, 4) is 22.3 Å². The second-order valence-electron chi connectivity index (χ2n) is 15.5. The minimum absolute atomic E-state index is 0.0298. The largest absolute Gasteiger partial charge is 0.342 e. The lowest BCUT2D eigenvalue weighted by atomic mass is 9.89. The number of piperazine rings is 2. The molecule has 0 aromatic heterocycles. The third-order valence-electron chi connectivity index (χ3n) is 11.0. The van der Waals surface area contributed by atoms with E-state index in [0.29, 0.717) is 74.6 Å². The van der Waals surface area contributed by atoms with E-state index in [4.69, 9.17) is 0 Å². The molecule has 4 amide bonds. The van der Waals surface area contributed by atoms with Crippen LogP contribution in [0, 0.1) is 20.2 Å². The second-order valence-corrected chi connectivity index (χ2v) is 16.5. The summed E-state index contributed by atoms with van der Waals surface area (Å²) in [6.07, 6.45) is 7.41. The number of nitro groups is 2. The van der Waals surface area contributed by atoms with Crippen LogP contribution in [0.5, 0.6) is 0 Å². The molecule has 4 aromatic rings. The standard InChI is InChI=1S/C46H48N6O8S/c1-31(2)35-9-5-7-11-37(35)43-33(15-19-41(55)49-25-21-47(29-53)22-26-49)13-17-39(45(43)51(57)58)61-40-18-14-34(16-20-42(56)50-27-23-48(30-54)24-28-50)44(46(40)52(59)60)38-12-8-6-10-36(38)32(3)4/h5-20,29-32H,21-28H2,1-4H3/b19-15+,20-16+. The van der Waals surface area contributed by atoms with Crippen LogP contribution < -0.4 is 0 Å². The number of nitrogens with zero attached hydrogens (tertiary/aromatic N) is 6. The Morgan fingerprint density at radius 2 is 0.934 bits per heavy atom. The van der Waals surface area contributed by atoms with Crippen molar-refractivity contribution in [1.29, 1.82) is 0 Å². The lowest BCUT2D eigenvalue weighted by Crippen LogP contribution is -2.47. The highest BCUT2D eigenvalue weighted by molar-refractivity contribution is 7.99. The summed E-state index contributed by atoms with van der Waals surface area (Å²) in [5.74, 6) is -0.651. The smallest absolute Gasteiger partial charge is 0.291 e. The predicted molar refractivity (Wildman–Crippen MR) is 236 cm³/mol. The molecule has 61 heavy (non-hydrogen) atoms. The topological polar surface area (TPSA) is 168 Å². The van der Waals surface area contributed by atoms with E-state index < -0.39 is 9.85 Å². The monoisotopic (exact) mass is 844 g/mol. The molecule has 0 atom stereocenters. The Labute approximate surface area is 358 Å². The van der Waals surface area contributed by atoms with Gasteiger partial charge in [-0.3, -0.25) is 39.4 Å². The maximum Gasteiger partial charge on any atom is 0.291 e. The van der Waals surface area contributed by atoms with Gasteiger partial charge in [0.05, 0.1) is 30.8 Å². The van der Waals surface area contributed by atoms with Crippen molar-refractivity contribution < 1.29 is 29.0 Å². The molecule has 14 nitrogen and oxygen atoms in total. The molecule has 2 heterocycles. The zero-order valence-electron chi connectivity index (χ0n) is 34.6. The van der Waals surface area contributed by atoms with Gasteiger partial charge < -0.3 is 19.6 Å². The van der Waals surface area contributed by atoms with E-state index in [9.17, 15) is 39.4 Å².